The van der Waals surface area contributed by atoms with Crippen molar-refractivity contribution in [1.82, 2.24) is 9.97 Å². The largest absolute Gasteiger partial charge is 0.370 e. The molecule has 6 N–H and O–H groups in total. The molecular weight excluding hydrogens is 210 g/mol. The number of H-pyrrole nitrogens is 2. The minimum Gasteiger partial charge on any atom is -0.370 e. The number of hydrogen-bond donors (Lipinski definition) is 4. The zero-order valence-electron chi connectivity index (χ0n) is 7.00. The molecule has 1 rings (SSSR count). The molecule has 0 bridgehead atoms. The highest BCUT2D eigenvalue weighted by molar-refractivity contribution is 6.30. The third-order valence-electron chi connectivity index (χ3n) is 1.38. The smallest absolute Gasteiger partial charge is 0.326 e. The summed E-state index contributed by atoms with van der Waals surface area (Å²) in [5, 5.41) is -0.130. The van der Waals surface area contributed by atoms with Crippen molar-refractivity contribution in [3.05, 3.63) is 31.6 Å². The molecule has 0 aliphatic rings. The van der Waals surface area contributed by atoms with E-state index in [1.807, 2.05) is 4.98 Å². The number of aromatic amines is 2. The maximum Gasteiger partial charge on any atom is 0.326 e. The molecule has 0 amide bonds. The summed E-state index contributed by atoms with van der Waals surface area (Å²) in [7, 11) is 0. The lowest BCUT2D eigenvalue weighted by molar-refractivity contribution is 0.912. The van der Waals surface area contributed by atoms with Crippen molar-refractivity contribution >= 4 is 17.6 Å². The van der Waals surface area contributed by atoms with Crippen molar-refractivity contribution in [3.63, 3.8) is 0 Å². The van der Waals surface area contributed by atoms with Crippen LogP contribution in [0.15, 0.2) is 14.6 Å². The monoisotopic (exact) mass is 217 g/mol. The topological polar surface area (TPSA) is 130 Å². The zero-order valence-corrected chi connectivity index (χ0v) is 7.76. The second-order valence-electron chi connectivity index (χ2n) is 2.44. The lowest BCUT2D eigenvalue weighted by atomic mass is 10.4. The highest BCUT2D eigenvalue weighted by Gasteiger charge is 2.05. The number of hydrogen-bond acceptors (Lipinski definition) is 3. The molecule has 1 aromatic heterocycles. The van der Waals surface area contributed by atoms with E-state index in [1.54, 1.807) is 0 Å². The van der Waals surface area contributed by atoms with Crippen molar-refractivity contribution < 1.29 is 0 Å². The van der Waals surface area contributed by atoms with Crippen molar-refractivity contribution in [3.8, 4) is 0 Å². The number of nitrogens with zero attached hydrogens (tertiary/aromatic N) is 1. The van der Waals surface area contributed by atoms with Crippen LogP contribution >= 0.6 is 11.6 Å². The van der Waals surface area contributed by atoms with Gasteiger partial charge in [-0.15, -0.1) is 0 Å². The normalized spacial score (nSPS) is 9.79. The van der Waals surface area contributed by atoms with E-state index in [1.165, 1.54) is 0 Å². The second-order valence-corrected chi connectivity index (χ2v) is 2.82. The van der Waals surface area contributed by atoms with E-state index in [4.69, 9.17) is 23.1 Å². The minimum absolute atomic E-state index is 0.0413. The van der Waals surface area contributed by atoms with Crippen LogP contribution in [0.25, 0.3) is 0 Å². The fraction of sp³-hybridized carbons (Fsp3) is 0.167. The molecule has 1 heterocycles. The SMILES string of the molecule is NC(N)=NCc1[nH]c(=O)[nH]c(=O)c1Cl. The van der Waals surface area contributed by atoms with Crippen LogP contribution in [0.2, 0.25) is 5.02 Å². The predicted octanol–water partition coefficient (Wildman–Crippen LogP) is -1.51. The van der Waals surface area contributed by atoms with Crippen LogP contribution < -0.4 is 22.7 Å². The van der Waals surface area contributed by atoms with Gasteiger partial charge in [0.1, 0.15) is 5.02 Å². The molecule has 0 fully saturated rings. The van der Waals surface area contributed by atoms with E-state index in [-0.39, 0.29) is 23.2 Å². The van der Waals surface area contributed by atoms with Gasteiger partial charge in [0.05, 0.1) is 12.2 Å². The van der Waals surface area contributed by atoms with Gasteiger partial charge in [0, 0.05) is 0 Å². The number of halogens is 1. The summed E-state index contributed by atoms with van der Waals surface area (Å²) in [6, 6.07) is 0. The van der Waals surface area contributed by atoms with Gasteiger partial charge in [-0.05, 0) is 0 Å². The van der Waals surface area contributed by atoms with Crippen molar-refractivity contribution in [2.24, 2.45) is 16.5 Å². The van der Waals surface area contributed by atoms with Crippen LogP contribution in [-0.4, -0.2) is 15.9 Å². The first kappa shape index (κ1) is 10.3. The second kappa shape index (κ2) is 3.97. The lowest BCUT2D eigenvalue weighted by Gasteiger charge is -1.98. The third-order valence-corrected chi connectivity index (χ3v) is 1.78. The molecular formula is C6H8ClN5O2. The summed E-state index contributed by atoms with van der Waals surface area (Å²) in [5.74, 6) is -0.151. The molecule has 1 aromatic rings. The summed E-state index contributed by atoms with van der Waals surface area (Å²) >= 11 is 5.58. The Morgan fingerprint density at radius 2 is 2.00 bits per heavy atom. The van der Waals surface area contributed by atoms with E-state index >= 15 is 0 Å². The Labute approximate surface area is 82.8 Å². The number of rotatable bonds is 2. The molecule has 0 atom stereocenters. The van der Waals surface area contributed by atoms with Gasteiger partial charge in [-0.2, -0.15) is 0 Å². The van der Waals surface area contributed by atoms with Crippen LogP contribution in [0.5, 0.6) is 0 Å². The number of nitrogens with two attached hydrogens (primary N) is 2. The Morgan fingerprint density at radius 1 is 1.36 bits per heavy atom. The van der Waals surface area contributed by atoms with Crippen LogP contribution in [0, 0.1) is 0 Å². The molecule has 7 nitrogen and oxygen atoms in total. The van der Waals surface area contributed by atoms with Crippen LogP contribution in [-0.2, 0) is 6.54 Å². The molecule has 0 radical (unpaired) electrons. The average molecular weight is 218 g/mol. The lowest BCUT2D eigenvalue weighted by Crippen LogP contribution is -2.26. The number of aromatic nitrogens is 2. The Balaban J connectivity index is 3.15. The van der Waals surface area contributed by atoms with E-state index in [2.05, 4.69) is 9.98 Å². The van der Waals surface area contributed by atoms with E-state index in [9.17, 15) is 9.59 Å². The predicted molar refractivity (Wildman–Crippen MR) is 52.2 cm³/mol. The van der Waals surface area contributed by atoms with E-state index in [0.29, 0.717) is 0 Å². The maximum absolute atomic E-state index is 11.0. The highest BCUT2D eigenvalue weighted by Crippen LogP contribution is 2.05. The highest BCUT2D eigenvalue weighted by atomic mass is 35.5. The Morgan fingerprint density at radius 3 is 2.57 bits per heavy atom. The fourth-order valence-electron chi connectivity index (χ4n) is 0.797. The molecule has 0 saturated heterocycles. The number of guanidine groups is 1. The summed E-state index contributed by atoms with van der Waals surface area (Å²) in [6.45, 7) is -0.0413. The standard InChI is InChI=1S/C6H8ClN5O2/c7-3-2(1-10-5(8)9)11-6(14)12-4(3)13/h1H2,(H4,8,9,10)(H2,11,12,13,14). The number of nitrogens with one attached hydrogen (secondary N) is 2. The van der Waals surface area contributed by atoms with Crippen molar-refractivity contribution in [1.29, 1.82) is 0 Å². The summed E-state index contributed by atoms with van der Waals surface area (Å²) in [6.07, 6.45) is 0. The van der Waals surface area contributed by atoms with Gasteiger partial charge >= 0.3 is 5.69 Å². The fourth-order valence-corrected chi connectivity index (χ4v) is 0.952. The summed E-state index contributed by atoms with van der Waals surface area (Å²) in [4.78, 5) is 29.7. The van der Waals surface area contributed by atoms with Crippen molar-refractivity contribution in [2.75, 3.05) is 0 Å². The molecule has 0 unspecified atom stereocenters. The molecule has 0 aliphatic carbocycles. The van der Waals surface area contributed by atoms with Gasteiger partial charge in [-0.1, -0.05) is 11.6 Å². The number of aliphatic imine (C=N–C) groups is 1. The molecule has 0 aliphatic heterocycles. The molecule has 8 heteroatoms. The quantitative estimate of drug-likeness (QED) is 0.354. The molecule has 0 saturated carbocycles. The van der Waals surface area contributed by atoms with Gasteiger partial charge in [0.25, 0.3) is 5.56 Å². The Bertz CT molecular complexity index is 470. The molecule has 0 spiro atoms. The molecule has 0 aromatic carbocycles. The Kier molecular flexibility index (Phi) is 2.92. The summed E-state index contributed by atoms with van der Waals surface area (Å²) < 4.78 is 0. The van der Waals surface area contributed by atoms with E-state index in [0.717, 1.165) is 0 Å². The molecule has 14 heavy (non-hydrogen) atoms. The minimum atomic E-state index is -0.670. The first-order valence-electron chi connectivity index (χ1n) is 3.57. The van der Waals surface area contributed by atoms with Gasteiger partial charge in [-0.25, -0.2) is 9.79 Å². The van der Waals surface area contributed by atoms with Crippen molar-refractivity contribution in [2.45, 2.75) is 6.54 Å². The van der Waals surface area contributed by atoms with Gasteiger partial charge in [-0.3, -0.25) is 9.78 Å². The third kappa shape index (κ3) is 2.36. The maximum atomic E-state index is 11.0. The summed E-state index contributed by atoms with van der Waals surface area (Å²) in [5.41, 5.74) is 9.00. The van der Waals surface area contributed by atoms with Gasteiger partial charge in [0.15, 0.2) is 5.96 Å². The van der Waals surface area contributed by atoms with Crippen LogP contribution in [0.4, 0.5) is 0 Å². The average Bonchev–Trinajstić information content (AvgIpc) is 2.08. The van der Waals surface area contributed by atoms with Gasteiger partial charge < -0.3 is 16.5 Å². The molecule has 76 valence electrons. The zero-order chi connectivity index (χ0) is 10.7. The first-order chi connectivity index (χ1) is 6.50. The Hall–Kier alpha value is -1.76. The van der Waals surface area contributed by atoms with E-state index < -0.39 is 11.2 Å². The van der Waals surface area contributed by atoms with Crippen LogP contribution in [0.3, 0.4) is 0 Å². The van der Waals surface area contributed by atoms with Gasteiger partial charge in [0.2, 0.25) is 0 Å². The first-order valence-corrected chi connectivity index (χ1v) is 3.95. The van der Waals surface area contributed by atoms with Crippen LogP contribution in [0.1, 0.15) is 5.69 Å².